The molecule has 298 valence electrons. The number of carbonyl (C=O) groups excluding carboxylic acids is 3. The quantitative estimate of drug-likeness (QED) is 0.106. The number of amides is 3. The molecular formula is C42H35F4N5O6S. The second-order valence-corrected chi connectivity index (χ2v) is 15.0. The van der Waals surface area contributed by atoms with Crippen molar-refractivity contribution in [3.8, 4) is 22.6 Å². The van der Waals surface area contributed by atoms with Crippen LogP contribution in [0, 0.1) is 5.82 Å². The minimum Gasteiger partial charge on any atom is -0.497 e. The minimum absolute atomic E-state index is 0.0460. The molecule has 6 aromatic rings. The van der Waals surface area contributed by atoms with Crippen molar-refractivity contribution in [2.45, 2.75) is 30.1 Å². The number of hydrogen-bond acceptors (Lipinski definition) is 7. The number of aromatic nitrogens is 2. The second kappa shape index (κ2) is 17.1. The average Bonchev–Trinajstić information content (AvgIpc) is 3.67. The molecule has 11 nitrogen and oxygen atoms in total. The first-order chi connectivity index (χ1) is 27.6. The van der Waals surface area contributed by atoms with Gasteiger partial charge in [-0.2, -0.15) is 18.3 Å². The number of methoxy groups -OCH3 is 1. The average molecular weight is 814 g/mol. The van der Waals surface area contributed by atoms with Crippen molar-refractivity contribution in [2.24, 2.45) is 0 Å². The fourth-order valence-corrected chi connectivity index (χ4v) is 6.99. The third-order valence-corrected chi connectivity index (χ3v) is 10.1. The maximum absolute atomic E-state index is 15.5. The van der Waals surface area contributed by atoms with Crippen LogP contribution < -0.4 is 20.7 Å². The Labute approximate surface area is 330 Å². The number of nitrogens with one attached hydrogen (secondary N) is 3. The van der Waals surface area contributed by atoms with Crippen molar-refractivity contribution < 1.29 is 45.1 Å². The van der Waals surface area contributed by atoms with Gasteiger partial charge in [-0.05, 0) is 53.1 Å². The zero-order valence-corrected chi connectivity index (χ0v) is 31.7. The smallest absolute Gasteiger partial charge is 0.435 e. The van der Waals surface area contributed by atoms with Gasteiger partial charge < -0.3 is 20.7 Å². The molecule has 0 fully saturated rings. The van der Waals surface area contributed by atoms with Crippen molar-refractivity contribution >= 4 is 33.2 Å². The van der Waals surface area contributed by atoms with E-state index in [1.807, 2.05) is 18.2 Å². The van der Waals surface area contributed by atoms with Crippen molar-refractivity contribution in [3.05, 3.63) is 161 Å². The highest BCUT2D eigenvalue weighted by Crippen LogP contribution is 2.33. The molecule has 0 bridgehead atoms. The number of ether oxygens (including phenoxy) is 1. The summed E-state index contributed by atoms with van der Waals surface area (Å²) in [7, 11) is -2.40. The summed E-state index contributed by atoms with van der Waals surface area (Å²) in [6.45, 7) is 0.147. The summed E-state index contributed by atoms with van der Waals surface area (Å²) in [5, 5.41) is 11.4. The first-order valence-corrected chi connectivity index (χ1v) is 19.4. The van der Waals surface area contributed by atoms with Crippen LogP contribution in [-0.4, -0.2) is 55.3 Å². The molecule has 1 atom stereocenters. The summed E-state index contributed by atoms with van der Waals surface area (Å²) in [6.07, 6.45) is -4.00. The Balaban J connectivity index is 1.34. The van der Waals surface area contributed by atoms with E-state index in [4.69, 9.17) is 4.74 Å². The number of sulfone groups is 1. The van der Waals surface area contributed by atoms with Gasteiger partial charge in [-0.25, -0.2) is 17.5 Å². The molecule has 0 aliphatic heterocycles. The Morgan fingerprint density at radius 3 is 2.10 bits per heavy atom. The Kier molecular flexibility index (Phi) is 12.1. The molecule has 58 heavy (non-hydrogen) atoms. The van der Waals surface area contributed by atoms with Crippen LogP contribution in [0.5, 0.6) is 5.75 Å². The molecule has 1 heterocycles. The van der Waals surface area contributed by atoms with Gasteiger partial charge in [-0.15, -0.1) is 0 Å². The molecule has 6 rings (SSSR count). The number of rotatable bonds is 13. The lowest BCUT2D eigenvalue weighted by Gasteiger charge is -2.20. The third kappa shape index (κ3) is 9.58. The van der Waals surface area contributed by atoms with Gasteiger partial charge in [0, 0.05) is 30.9 Å². The highest BCUT2D eigenvalue weighted by molar-refractivity contribution is 7.90. The van der Waals surface area contributed by atoms with Crippen LogP contribution >= 0.6 is 0 Å². The van der Waals surface area contributed by atoms with E-state index < -0.39 is 62.7 Å². The zero-order valence-electron chi connectivity index (χ0n) is 30.9. The Morgan fingerprint density at radius 2 is 1.47 bits per heavy atom. The van der Waals surface area contributed by atoms with E-state index in [9.17, 15) is 36.0 Å². The molecule has 0 saturated carbocycles. The summed E-state index contributed by atoms with van der Waals surface area (Å²) in [5.41, 5.74) is -1.40. The van der Waals surface area contributed by atoms with E-state index in [0.717, 1.165) is 24.0 Å². The molecule has 3 N–H and O–H groups in total. The van der Waals surface area contributed by atoms with E-state index in [-0.39, 0.29) is 46.0 Å². The van der Waals surface area contributed by atoms with Crippen molar-refractivity contribution in [1.82, 2.24) is 20.4 Å². The zero-order chi connectivity index (χ0) is 41.6. The fraction of sp³-hybridized carbons (Fsp3) is 0.143. The van der Waals surface area contributed by atoms with Gasteiger partial charge in [0.05, 0.1) is 28.9 Å². The predicted molar refractivity (Wildman–Crippen MR) is 208 cm³/mol. The largest absolute Gasteiger partial charge is 0.497 e. The number of carbonyl (C=O) groups is 3. The molecule has 16 heteroatoms. The number of nitrogens with zero attached hydrogens (tertiary/aromatic N) is 2. The van der Waals surface area contributed by atoms with Gasteiger partial charge in [0.1, 0.15) is 23.3 Å². The standard InChI is InChI=1S/C42H35F4N5O6S/c1-57-29-18-20-35(31(23-29)39(52)49-34(21-26-11-5-3-6-12-26)40(53)47-25-27-13-7-4-8-14-27)51-36(24-38(50-51)42(44,45)46)41(54)48-33-19-17-28(22-32(33)43)30-15-9-10-16-37(30)58(2,55)56/h3-20,22-24,34H,21,25H2,1-2H3,(H,47,53)(H,48,54)(H,49,52)/t34-/m0/s1. The molecule has 0 aliphatic rings. The van der Waals surface area contributed by atoms with Gasteiger partial charge in [-0.1, -0.05) is 84.9 Å². The fourth-order valence-electron chi connectivity index (χ4n) is 6.08. The Bertz CT molecular complexity index is 2580. The lowest BCUT2D eigenvalue weighted by atomic mass is 10.0. The van der Waals surface area contributed by atoms with Crippen molar-refractivity contribution in [1.29, 1.82) is 0 Å². The molecule has 5 aromatic carbocycles. The van der Waals surface area contributed by atoms with Gasteiger partial charge in [0.25, 0.3) is 11.8 Å². The summed E-state index contributed by atoms with van der Waals surface area (Å²) in [6, 6.07) is 30.3. The number of alkyl halides is 3. The highest BCUT2D eigenvalue weighted by atomic mass is 32.2. The Morgan fingerprint density at radius 1 is 0.810 bits per heavy atom. The van der Waals surface area contributed by atoms with Crippen LogP contribution in [0.25, 0.3) is 16.8 Å². The van der Waals surface area contributed by atoms with Crippen LogP contribution in [-0.2, 0) is 33.8 Å². The van der Waals surface area contributed by atoms with E-state index in [1.54, 1.807) is 48.5 Å². The van der Waals surface area contributed by atoms with Gasteiger partial charge >= 0.3 is 6.18 Å². The van der Waals surface area contributed by atoms with E-state index >= 15 is 4.39 Å². The summed E-state index contributed by atoms with van der Waals surface area (Å²) < 4.78 is 88.6. The third-order valence-electron chi connectivity index (χ3n) is 8.94. The Hall–Kier alpha value is -6.81. The molecule has 3 amide bonds. The monoisotopic (exact) mass is 813 g/mol. The van der Waals surface area contributed by atoms with Crippen molar-refractivity contribution in [2.75, 3.05) is 18.7 Å². The summed E-state index contributed by atoms with van der Waals surface area (Å²) >= 11 is 0. The van der Waals surface area contributed by atoms with Crippen LogP contribution in [0.4, 0.5) is 23.2 Å². The minimum atomic E-state index is -5.05. The highest BCUT2D eigenvalue weighted by Gasteiger charge is 2.37. The molecule has 0 saturated heterocycles. The number of anilines is 1. The maximum Gasteiger partial charge on any atom is 0.435 e. The molecule has 0 spiro atoms. The van der Waals surface area contributed by atoms with E-state index in [1.165, 1.54) is 49.6 Å². The molecule has 0 unspecified atom stereocenters. The number of hydrogen-bond donors (Lipinski definition) is 3. The lowest BCUT2D eigenvalue weighted by molar-refractivity contribution is -0.141. The van der Waals surface area contributed by atoms with Crippen LogP contribution in [0.2, 0.25) is 0 Å². The predicted octanol–water partition coefficient (Wildman–Crippen LogP) is 7.02. The second-order valence-electron chi connectivity index (χ2n) is 13.0. The topological polar surface area (TPSA) is 148 Å². The van der Waals surface area contributed by atoms with Crippen molar-refractivity contribution in [3.63, 3.8) is 0 Å². The molecule has 0 aliphatic carbocycles. The molecule has 0 radical (unpaired) electrons. The lowest BCUT2D eigenvalue weighted by Crippen LogP contribution is -2.48. The molecular weight excluding hydrogens is 779 g/mol. The molecule has 1 aromatic heterocycles. The van der Waals surface area contributed by atoms with Gasteiger partial charge in [0.2, 0.25) is 5.91 Å². The first kappa shape index (κ1) is 40.8. The van der Waals surface area contributed by atoms with Gasteiger partial charge in [-0.3, -0.25) is 14.4 Å². The van der Waals surface area contributed by atoms with Crippen LogP contribution in [0.3, 0.4) is 0 Å². The normalized spacial score (nSPS) is 12.0. The van der Waals surface area contributed by atoms with E-state index in [2.05, 4.69) is 21.0 Å². The SMILES string of the molecule is COc1ccc(-n2nc(C(F)(F)F)cc2C(=O)Nc2ccc(-c3ccccc3S(C)(=O)=O)cc2F)c(C(=O)N[C@@H](Cc2ccccc2)C(=O)NCc2ccccc2)c1. The van der Waals surface area contributed by atoms with E-state index in [0.29, 0.717) is 16.3 Å². The maximum atomic E-state index is 15.5. The number of benzene rings is 5. The number of halogens is 4. The van der Waals surface area contributed by atoms with Crippen LogP contribution in [0.15, 0.2) is 132 Å². The van der Waals surface area contributed by atoms with Gasteiger partial charge in [0.15, 0.2) is 15.5 Å². The summed E-state index contributed by atoms with van der Waals surface area (Å²) in [4.78, 5) is 41.4. The first-order valence-electron chi connectivity index (χ1n) is 17.5. The summed E-state index contributed by atoms with van der Waals surface area (Å²) in [5.74, 6) is -3.57. The van der Waals surface area contributed by atoms with Crippen LogP contribution in [0.1, 0.15) is 37.7 Å².